The molecule has 20 rings (SSSR count). The summed E-state index contributed by atoms with van der Waals surface area (Å²) in [5.41, 5.74) is 36.1. The van der Waals surface area contributed by atoms with Gasteiger partial charge in [0.25, 0.3) is 0 Å². The summed E-state index contributed by atoms with van der Waals surface area (Å²) in [7, 11) is 0. The van der Waals surface area contributed by atoms with Gasteiger partial charge in [-0.15, -0.1) is 0 Å². The van der Waals surface area contributed by atoms with Gasteiger partial charge in [0, 0.05) is 49.6 Å². The van der Waals surface area contributed by atoms with Crippen LogP contribution >= 0.6 is 0 Å². The summed E-state index contributed by atoms with van der Waals surface area (Å²) in [6.45, 7) is 14.0. The quantitative estimate of drug-likeness (QED) is 0.176. The minimum Gasteiger partial charge on any atom is -0.456 e. The Morgan fingerprint density at radius 1 is 0.330 bits per heavy atom. The maximum absolute atomic E-state index is 6.99. The molecule has 91 heavy (non-hydrogen) atoms. The molecule has 3 heteroatoms. The maximum Gasteiger partial charge on any atom is 0.143 e. The largest absolute Gasteiger partial charge is 0.456 e. The second-order valence-electron chi connectivity index (χ2n) is 27.8. The SMILES string of the molecule is Cc1ccccc1N(c1ccc2c(c1)C(C)(C)c1cc(-c3ccc(C(C)(C)C)cc3)c3oc4ccccc4c3c1-2)c1ccc2c(c1)C1(c3ccccc3-c3ccccc31)c1cc3c(cc1-2)C1(c2ccccc2-c2ccccc21)c1ccc2oc4ccccc4c2c1-3. The van der Waals surface area contributed by atoms with Crippen molar-refractivity contribution in [3.63, 3.8) is 0 Å². The van der Waals surface area contributed by atoms with Gasteiger partial charge in [0.1, 0.15) is 22.3 Å². The Hall–Kier alpha value is -10.7. The van der Waals surface area contributed by atoms with E-state index >= 15 is 0 Å². The van der Waals surface area contributed by atoms with Crippen LogP contribution in [0.5, 0.6) is 0 Å². The average molecular weight is 1160 g/mol. The van der Waals surface area contributed by atoms with Gasteiger partial charge in [-0.1, -0.05) is 229 Å². The van der Waals surface area contributed by atoms with Gasteiger partial charge in [0.2, 0.25) is 0 Å². The zero-order valence-electron chi connectivity index (χ0n) is 51.6. The van der Waals surface area contributed by atoms with Crippen molar-refractivity contribution in [2.24, 2.45) is 0 Å². The molecule has 2 heterocycles. The van der Waals surface area contributed by atoms with Gasteiger partial charge < -0.3 is 13.7 Å². The van der Waals surface area contributed by atoms with Crippen LogP contribution in [0.1, 0.15) is 101 Å². The van der Waals surface area contributed by atoms with Gasteiger partial charge >= 0.3 is 0 Å². The molecule has 5 aliphatic rings. The average Bonchev–Trinajstić information content (AvgIpc) is 1.49. The summed E-state index contributed by atoms with van der Waals surface area (Å²) in [4.78, 5) is 2.54. The highest BCUT2D eigenvalue weighted by Crippen LogP contribution is 2.70. The number of hydrogen-bond donors (Lipinski definition) is 0. The summed E-state index contributed by atoms with van der Waals surface area (Å²) in [5.74, 6) is 0. The van der Waals surface area contributed by atoms with E-state index in [0.29, 0.717) is 0 Å². The van der Waals surface area contributed by atoms with Gasteiger partial charge in [-0.2, -0.15) is 0 Å². The molecule has 430 valence electrons. The first-order valence-electron chi connectivity index (χ1n) is 32.2. The third-order valence-corrected chi connectivity index (χ3v) is 22.0. The number of anilines is 3. The first-order valence-corrected chi connectivity index (χ1v) is 32.2. The molecule has 0 aliphatic heterocycles. The number of aryl methyl sites for hydroxylation is 1. The Labute approximate surface area is 529 Å². The van der Waals surface area contributed by atoms with Gasteiger partial charge in [-0.25, -0.2) is 0 Å². The van der Waals surface area contributed by atoms with E-state index in [9.17, 15) is 0 Å². The van der Waals surface area contributed by atoms with Crippen LogP contribution in [0.3, 0.4) is 0 Å². The molecule has 0 unspecified atom stereocenters. The Bertz CT molecular complexity index is 5670. The lowest BCUT2D eigenvalue weighted by atomic mass is 9.68. The van der Waals surface area contributed by atoms with E-state index in [1.165, 1.54) is 133 Å². The van der Waals surface area contributed by atoms with Crippen LogP contribution in [0.2, 0.25) is 0 Å². The van der Waals surface area contributed by atoms with Crippen molar-refractivity contribution < 1.29 is 8.83 Å². The van der Waals surface area contributed by atoms with Crippen molar-refractivity contribution in [3.05, 3.63) is 328 Å². The molecule has 15 aromatic rings. The Morgan fingerprint density at radius 2 is 0.802 bits per heavy atom. The predicted octanol–water partition coefficient (Wildman–Crippen LogP) is 23.2. The third kappa shape index (κ3) is 6.34. The van der Waals surface area contributed by atoms with Crippen LogP contribution in [0.4, 0.5) is 17.1 Å². The summed E-state index contributed by atoms with van der Waals surface area (Å²) in [6, 6.07) is 99.3. The molecule has 3 nitrogen and oxygen atoms in total. The second-order valence-corrected chi connectivity index (χ2v) is 27.8. The lowest BCUT2D eigenvalue weighted by molar-refractivity contribution is 0.590. The Kier molecular flexibility index (Phi) is 9.88. The molecule has 0 amide bonds. The van der Waals surface area contributed by atoms with Crippen molar-refractivity contribution in [2.45, 2.75) is 63.2 Å². The van der Waals surface area contributed by atoms with Crippen LogP contribution in [0.15, 0.2) is 270 Å². The number of benzene rings is 13. The molecular weight excluding hydrogens is 1100 g/mol. The minimum atomic E-state index is -0.668. The van der Waals surface area contributed by atoms with Gasteiger partial charge in [0.05, 0.1) is 10.8 Å². The van der Waals surface area contributed by atoms with Crippen molar-refractivity contribution in [1.82, 2.24) is 0 Å². The highest BCUT2D eigenvalue weighted by molar-refractivity contribution is 6.20. The molecule has 0 atom stereocenters. The smallest absolute Gasteiger partial charge is 0.143 e. The number of fused-ring (bicyclic) bond motifs is 31. The van der Waals surface area contributed by atoms with Crippen molar-refractivity contribution in [3.8, 4) is 66.8 Å². The fraction of sp³-hybridized carbons (Fsp3) is 0.114. The van der Waals surface area contributed by atoms with Gasteiger partial charge in [0.15, 0.2) is 0 Å². The maximum atomic E-state index is 6.99. The van der Waals surface area contributed by atoms with Crippen molar-refractivity contribution in [1.29, 1.82) is 0 Å². The molecule has 0 saturated carbocycles. The fourth-order valence-corrected chi connectivity index (χ4v) is 18.0. The van der Waals surface area contributed by atoms with Crippen LogP contribution in [-0.4, -0.2) is 0 Å². The molecular formula is C88H61NO2. The molecule has 13 aromatic carbocycles. The molecule has 0 N–H and O–H groups in total. The van der Waals surface area contributed by atoms with E-state index in [0.717, 1.165) is 61.3 Å². The monoisotopic (exact) mass is 1160 g/mol. The normalized spacial score (nSPS) is 15.0. The highest BCUT2D eigenvalue weighted by Gasteiger charge is 2.57. The number of nitrogens with zero attached hydrogens (tertiary/aromatic N) is 1. The number of hydrogen-bond acceptors (Lipinski definition) is 3. The van der Waals surface area contributed by atoms with E-state index in [2.05, 4.69) is 307 Å². The summed E-state index contributed by atoms with van der Waals surface area (Å²) in [6.07, 6.45) is 0. The standard InChI is InChI=1S/C88H61NO2/c1-50-21-7-18-32-76(50)89(53-40-42-60-71(45-53)86(5,6)75-47-63(51-35-37-52(38-36-51)85(2,3)4)84-83(80(60)75)62-27-13-20-34-78(62)91-84)54-39-41-59-64-48-74-65(49-73(64)88(72(59)46-54)68-30-16-10-24-57(68)58-25-11-17-31-69(58)88)81-70(43-44-79-82(81)61-26-12-19-33-77(61)90-79)87(74)66-28-14-8-22-55(66)56-23-9-15-29-67(56)87/h7-49H,1-6H3. The molecule has 0 saturated heterocycles. The first kappa shape index (κ1) is 51.2. The number of para-hydroxylation sites is 3. The highest BCUT2D eigenvalue weighted by atomic mass is 16.3. The lowest BCUT2D eigenvalue weighted by Gasteiger charge is -2.33. The zero-order chi connectivity index (χ0) is 60.6. The topological polar surface area (TPSA) is 29.5 Å². The van der Waals surface area contributed by atoms with E-state index in [1.807, 2.05) is 0 Å². The third-order valence-electron chi connectivity index (χ3n) is 22.0. The van der Waals surface area contributed by atoms with Gasteiger partial charge in [-0.3, -0.25) is 0 Å². The van der Waals surface area contributed by atoms with E-state index in [-0.39, 0.29) is 10.8 Å². The number of furan rings is 2. The first-order chi connectivity index (χ1) is 44.4. The Balaban J connectivity index is 0.837. The van der Waals surface area contributed by atoms with Crippen molar-refractivity contribution in [2.75, 3.05) is 4.90 Å². The molecule has 0 radical (unpaired) electrons. The molecule has 2 spiro atoms. The summed E-state index contributed by atoms with van der Waals surface area (Å²) < 4.78 is 13.8. The number of rotatable bonds is 4. The lowest BCUT2D eigenvalue weighted by Crippen LogP contribution is -2.27. The Morgan fingerprint density at radius 3 is 1.43 bits per heavy atom. The van der Waals surface area contributed by atoms with Crippen LogP contribution < -0.4 is 4.90 Å². The predicted molar refractivity (Wildman–Crippen MR) is 375 cm³/mol. The summed E-state index contributed by atoms with van der Waals surface area (Å²) in [5, 5.41) is 4.64. The van der Waals surface area contributed by atoms with Crippen molar-refractivity contribution >= 4 is 60.9 Å². The van der Waals surface area contributed by atoms with E-state index < -0.39 is 10.8 Å². The molecule has 0 fully saturated rings. The summed E-state index contributed by atoms with van der Waals surface area (Å²) >= 11 is 0. The minimum absolute atomic E-state index is 0.0392. The fourth-order valence-electron chi connectivity index (χ4n) is 18.0. The molecule has 2 aromatic heterocycles. The van der Waals surface area contributed by atoms with Crippen LogP contribution in [0.25, 0.3) is 111 Å². The van der Waals surface area contributed by atoms with E-state index in [4.69, 9.17) is 8.83 Å². The zero-order valence-corrected chi connectivity index (χ0v) is 51.6. The molecule has 5 aliphatic carbocycles. The van der Waals surface area contributed by atoms with Gasteiger partial charge in [-0.05, 0) is 207 Å². The second kappa shape index (κ2) is 17.6. The van der Waals surface area contributed by atoms with Crippen LogP contribution in [0, 0.1) is 6.92 Å². The van der Waals surface area contributed by atoms with E-state index in [1.54, 1.807) is 0 Å². The molecule has 0 bridgehead atoms. The van der Waals surface area contributed by atoms with Crippen LogP contribution in [-0.2, 0) is 21.7 Å².